The quantitative estimate of drug-likeness (QED) is 0.779. The number of aromatic nitrogens is 3. The molecule has 2 rings (SSSR count). The van der Waals surface area contributed by atoms with E-state index in [2.05, 4.69) is 41.2 Å². The number of pyridine rings is 1. The number of hydrogen-bond donors (Lipinski definition) is 2. The summed E-state index contributed by atoms with van der Waals surface area (Å²) in [5.74, 6) is -0.214. The van der Waals surface area contributed by atoms with E-state index in [0.29, 0.717) is 4.47 Å². The molecule has 20 heavy (non-hydrogen) atoms. The van der Waals surface area contributed by atoms with Crippen molar-refractivity contribution < 1.29 is 13.2 Å². The van der Waals surface area contributed by atoms with Crippen LogP contribution in [-0.4, -0.2) is 29.5 Å². The van der Waals surface area contributed by atoms with E-state index in [4.69, 9.17) is 0 Å². The summed E-state index contributed by atoms with van der Waals surface area (Å²) in [7, 11) is -3.90. The molecule has 2 N–H and O–H groups in total. The standard InChI is InChI=1S/C9H8BrN5O3S2/c1-5(16)12-8-13-14-9(19-8)20(17,18)15-7-6(10)3-2-4-11-7/h2-4H,1H3,(H,11,15)(H,12,13,16). The molecule has 1 amide bonds. The van der Waals surface area contributed by atoms with Crippen LogP contribution in [0.4, 0.5) is 10.9 Å². The van der Waals surface area contributed by atoms with Crippen LogP contribution in [0.1, 0.15) is 6.92 Å². The van der Waals surface area contributed by atoms with Gasteiger partial charge < -0.3 is 5.32 Å². The van der Waals surface area contributed by atoms with Crippen LogP contribution in [-0.2, 0) is 14.8 Å². The van der Waals surface area contributed by atoms with Crippen LogP contribution >= 0.6 is 27.3 Å². The van der Waals surface area contributed by atoms with Gasteiger partial charge in [0.1, 0.15) is 0 Å². The summed E-state index contributed by atoms with van der Waals surface area (Å²) >= 11 is 3.93. The maximum atomic E-state index is 12.1. The second kappa shape index (κ2) is 5.81. The van der Waals surface area contributed by atoms with Gasteiger partial charge in [-0.05, 0) is 28.1 Å². The lowest BCUT2D eigenvalue weighted by molar-refractivity contribution is -0.114. The number of nitrogens with zero attached hydrogens (tertiary/aromatic N) is 3. The van der Waals surface area contributed by atoms with E-state index in [1.807, 2.05) is 0 Å². The summed E-state index contributed by atoms with van der Waals surface area (Å²) in [6.07, 6.45) is 1.45. The Bertz CT molecular complexity index is 746. The van der Waals surface area contributed by atoms with E-state index in [0.717, 1.165) is 11.3 Å². The predicted octanol–water partition coefficient (Wildman–Crippen LogP) is 1.45. The number of anilines is 2. The van der Waals surface area contributed by atoms with Gasteiger partial charge in [-0.2, -0.15) is 8.42 Å². The molecular weight excluding hydrogens is 370 g/mol. The Balaban J connectivity index is 2.25. The molecule has 2 heterocycles. The van der Waals surface area contributed by atoms with Crippen molar-refractivity contribution in [2.75, 3.05) is 10.0 Å². The smallest absolute Gasteiger partial charge is 0.292 e. The molecule has 11 heteroatoms. The molecule has 0 aliphatic heterocycles. The van der Waals surface area contributed by atoms with Crippen molar-refractivity contribution >= 4 is 54.1 Å². The van der Waals surface area contributed by atoms with E-state index < -0.39 is 10.0 Å². The van der Waals surface area contributed by atoms with Crippen LogP contribution in [0, 0.1) is 0 Å². The average Bonchev–Trinajstić information content (AvgIpc) is 2.80. The van der Waals surface area contributed by atoms with Gasteiger partial charge in [0.25, 0.3) is 14.4 Å². The number of hydrogen-bond acceptors (Lipinski definition) is 7. The highest BCUT2D eigenvalue weighted by molar-refractivity contribution is 9.10. The predicted molar refractivity (Wildman–Crippen MR) is 77.0 cm³/mol. The Hall–Kier alpha value is -1.59. The molecule has 2 aromatic heterocycles. The largest absolute Gasteiger partial charge is 0.301 e. The van der Waals surface area contributed by atoms with Crippen molar-refractivity contribution in [2.24, 2.45) is 0 Å². The van der Waals surface area contributed by atoms with Gasteiger partial charge in [-0.15, -0.1) is 10.2 Å². The van der Waals surface area contributed by atoms with E-state index in [9.17, 15) is 13.2 Å². The van der Waals surface area contributed by atoms with Crippen LogP contribution in [0.15, 0.2) is 27.1 Å². The molecule has 106 valence electrons. The van der Waals surface area contributed by atoms with Crippen LogP contribution in [0.3, 0.4) is 0 Å². The van der Waals surface area contributed by atoms with Gasteiger partial charge in [-0.1, -0.05) is 11.3 Å². The second-order valence-corrected chi connectivity index (χ2v) is 7.18. The Kier molecular flexibility index (Phi) is 4.30. The minimum absolute atomic E-state index is 0.109. The molecule has 0 saturated heterocycles. The minimum atomic E-state index is -3.90. The molecule has 0 radical (unpaired) electrons. The second-order valence-electron chi connectivity index (χ2n) is 3.49. The molecule has 0 aromatic carbocycles. The molecule has 0 spiro atoms. The minimum Gasteiger partial charge on any atom is -0.301 e. The van der Waals surface area contributed by atoms with Crippen LogP contribution in [0.5, 0.6) is 0 Å². The summed E-state index contributed by atoms with van der Waals surface area (Å²) in [6.45, 7) is 1.29. The number of sulfonamides is 1. The third-order valence-corrected chi connectivity index (χ3v) is 5.09. The fourth-order valence-corrected chi connectivity index (χ4v) is 3.61. The highest BCUT2D eigenvalue weighted by Gasteiger charge is 2.22. The Morgan fingerprint density at radius 2 is 2.15 bits per heavy atom. The number of rotatable bonds is 4. The van der Waals surface area contributed by atoms with Crippen molar-refractivity contribution in [1.29, 1.82) is 0 Å². The first kappa shape index (κ1) is 14.8. The molecule has 0 bridgehead atoms. The lowest BCUT2D eigenvalue weighted by atomic mass is 10.5. The molecule has 0 saturated carbocycles. The monoisotopic (exact) mass is 377 g/mol. The van der Waals surface area contributed by atoms with Crippen molar-refractivity contribution in [1.82, 2.24) is 15.2 Å². The Labute approximate surface area is 126 Å². The molecule has 0 unspecified atom stereocenters. The normalized spacial score (nSPS) is 11.1. The van der Waals surface area contributed by atoms with Crippen LogP contribution in [0.2, 0.25) is 0 Å². The summed E-state index contributed by atoms with van der Waals surface area (Å²) < 4.78 is 26.7. The lowest BCUT2D eigenvalue weighted by Crippen LogP contribution is -2.14. The lowest BCUT2D eigenvalue weighted by Gasteiger charge is -2.05. The van der Waals surface area contributed by atoms with Gasteiger partial charge in [-0.25, -0.2) is 4.98 Å². The number of amides is 1. The van der Waals surface area contributed by atoms with E-state index in [-0.39, 0.29) is 21.2 Å². The number of carbonyl (C=O) groups excluding carboxylic acids is 1. The first-order valence-corrected chi connectivity index (χ1v) is 8.22. The summed E-state index contributed by atoms with van der Waals surface area (Å²) in [4.78, 5) is 14.7. The third kappa shape index (κ3) is 3.49. The fourth-order valence-electron chi connectivity index (χ4n) is 1.15. The van der Waals surface area contributed by atoms with Gasteiger partial charge in [-0.3, -0.25) is 9.52 Å². The Morgan fingerprint density at radius 1 is 1.40 bits per heavy atom. The molecular formula is C9H8BrN5O3S2. The van der Waals surface area contributed by atoms with E-state index in [1.165, 1.54) is 13.1 Å². The molecule has 0 aliphatic rings. The average molecular weight is 378 g/mol. The van der Waals surface area contributed by atoms with Crippen molar-refractivity contribution in [3.63, 3.8) is 0 Å². The third-order valence-electron chi connectivity index (χ3n) is 1.91. The first-order chi connectivity index (χ1) is 9.38. The van der Waals surface area contributed by atoms with Crippen LogP contribution < -0.4 is 10.0 Å². The summed E-state index contributed by atoms with van der Waals surface area (Å²) in [5.41, 5.74) is 0. The zero-order chi connectivity index (χ0) is 14.8. The van der Waals surface area contributed by atoms with Gasteiger partial charge in [0.15, 0.2) is 5.82 Å². The van der Waals surface area contributed by atoms with E-state index in [1.54, 1.807) is 12.1 Å². The first-order valence-electron chi connectivity index (χ1n) is 5.13. The van der Waals surface area contributed by atoms with Crippen LogP contribution in [0.25, 0.3) is 0 Å². The van der Waals surface area contributed by atoms with Gasteiger partial charge in [0, 0.05) is 13.1 Å². The van der Waals surface area contributed by atoms with Crippen molar-refractivity contribution in [3.8, 4) is 0 Å². The number of halogens is 1. The van der Waals surface area contributed by atoms with Gasteiger partial charge in [0.05, 0.1) is 4.47 Å². The molecule has 2 aromatic rings. The zero-order valence-electron chi connectivity index (χ0n) is 9.99. The summed E-state index contributed by atoms with van der Waals surface area (Å²) in [6, 6.07) is 3.30. The summed E-state index contributed by atoms with van der Waals surface area (Å²) in [5, 5.41) is 9.57. The van der Waals surface area contributed by atoms with Gasteiger partial charge in [0.2, 0.25) is 11.0 Å². The maximum Gasteiger partial charge on any atom is 0.292 e. The highest BCUT2D eigenvalue weighted by atomic mass is 79.9. The maximum absolute atomic E-state index is 12.1. The molecule has 0 atom stereocenters. The Morgan fingerprint density at radius 3 is 2.80 bits per heavy atom. The number of carbonyl (C=O) groups is 1. The van der Waals surface area contributed by atoms with Gasteiger partial charge >= 0.3 is 0 Å². The van der Waals surface area contributed by atoms with Crippen molar-refractivity contribution in [3.05, 3.63) is 22.8 Å². The molecule has 0 fully saturated rings. The van der Waals surface area contributed by atoms with E-state index >= 15 is 0 Å². The zero-order valence-corrected chi connectivity index (χ0v) is 13.2. The highest BCUT2D eigenvalue weighted by Crippen LogP contribution is 2.25. The van der Waals surface area contributed by atoms with Crippen molar-refractivity contribution in [2.45, 2.75) is 11.3 Å². The fraction of sp³-hybridized carbons (Fsp3) is 0.111. The topological polar surface area (TPSA) is 114 Å². The molecule has 8 nitrogen and oxygen atoms in total. The number of nitrogens with one attached hydrogen (secondary N) is 2. The molecule has 0 aliphatic carbocycles. The SMILES string of the molecule is CC(=O)Nc1nnc(S(=O)(=O)Nc2ncccc2Br)s1.